The van der Waals surface area contributed by atoms with Crippen molar-refractivity contribution in [1.29, 1.82) is 0 Å². The quantitative estimate of drug-likeness (QED) is 0.324. The van der Waals surface area contributed by atoms with Crippen molar-refractivity contribution in [3.63, 3.8) is 0 Å². The van der Waals surface area contributed by atoms with Crippen LogP contribution < -0.4 is 5.32 Å². The molecule has 0 bridgehead atoms. The number of aliphatic hydroxyl groups excluding tert-OH is 3. The monoisotopic (exact) mass is 608 g/mol. The summed E-state index contributed by atoms with van der Waals surface area (Å²) in [5.74, 6) is 0.257. The van der Waals surface area contributed by atoms with Gasteiger partial charge < -0.3 is 54.0 Å². The standard InChI is InChI=1S/C11H23NO3.C10H21NO3.C10H20O3/c1-7(2)14-11-10(13)9(12(4)5)6-8(3)15-11;1-6(2)13-10-9(12)8(11-4)5-7(3)14-10;1-6(2)12-10-9(11)7(3)5-8(4)13-10/h7-11,13H,6H2,1-5H3;6-12H,5H2,1-4H3;6-11H,5H2,1-4H3/t8-,9+,10-,11-;7-,8+,9-,10-;7-,8+,9+,10+/m110/s1. The van der Waals surface area contributed by atoms with Gasteiger partial charge in [0.05, 0.1) is 36.6 Å². The van der Waals surface area contributed by atoms with E-state index in [0.29, 0.717) is 0 Å². The molecule has 252 valence electrons. The second kappa shape index (κ2) is 19.2. The zero-order valence-electron chi connectivity index (χ0n) is 28.5. The first-order chi connectivity index (χ1) is 19.5. The molecule has 3 heterocycles. The number of ether oxygens (including phenoxy) is 6. The summed E-state index contributed by atoms with van der Waals surface area (Å²) in [7, 11) is 5.79. The molecular formula is C31H64N2O9. The third kappa shape index (κ3) is 13.7. The van der Waals surface area contributed by atoms with Crippen molar-refractivity contribution in [2.24, 2.45) is 5.92 Å². The van der Waals surface area contributed by atoms with Crippen LogP contribution in [0.2, 0.25) is 0 Å². The van der Waals surface area contributed by atoms with Gasteiger partial charge in [0.1, 0.15) is 18.3 Å². The smallest absolute Gasteiger partial charge is 0.185 e. The Labute approximate surface area is 255 Å². The molecule has 3 saturated heterocycles. The van der Waals surface area contributed by atoms with Crippen molar-refractivity contribution >= 4 is 0 Å². The molecule has 0 aromatic rings. The van der Waals surface area contributed by atoms with E-state index in [0.717, 1.165) is 19.3 Å². The maximum atomic E-state index is 10.1. The average molecular weight is 609 g/mol. The van der Waals surface area contributed by atoms with Crippen LogP contribution in [0.5, 0.6) is 0 Å². The van der Waals surface area contributed by atoms with Gasteiger partial charge in [0.2, 0.25) is 0 Å². The van der Waals surface area contributed by atoms with Crippen molar-refractivity contribution in [3.05, 3.63) is 0 Å². The molecule has 12 atom stereocenters. The van der Waals surface area contributed by atoms with Gasteiger partial charge in [-0.25, -0.2) is 0 Å². The van der Waals surface area contributed by atoms with Gasteiger partial charge in [0.15, 0.2) is 18.9 Å². The molecule has 0 radical (unpaired) electrons. The first-order valence-corrected chi connectivity index (χ1v) is 15.8. The normalized spacial score (nSPS) is 39.1. The van der Waals surface area contributed by atoms with E-state index in [-0.39, 0.29) is 54.6 Å². The molecule has 0 aromatic carbocycles. The van der Waals surface area contributed by atoms with Crippen LogP contribution in [0.25, 0.3) is 0 Å². The lowest BCUT2D eigenvalue weighted by molar-refractivity contribution is -0.263. The maximum Gasteiger partial charge on any atom is 0.185 e. The first kappa shape index (κ1) is 39.6. The van der Waals surface area contributed by atoms with Gasteiger partial charge in [-0.2, -0.15) is 0 Å². The van der Waals surface area contributed by atoms with Gasteiger partial charge >= 0.3 is 0 Å². The topological polar surface area (TPSA) is 131 Å². The van der Waals surface area contributed by atoms with Crippen molar-refractivity contribution in [3.8, 4) is 0 Å². The molecule has 11 nitrogen and oxygen atoms in total. The fourth-order valence-corrected chi connectivity index (χ4v) is 5.32. The fourth-order valence-electron chi connectivity index (χ4n) is 5.32. The van der Waals surface area contributed by atoms with Crippen LogP contribution in [0, 0.1) is 5.92 Å². The summed E-state index contributed by atoms with van der Waals surface area (Å²) < 4.78 is 33.1. The third-order valence-electron chi connectivity index (χ3n) is 7.44. The van der Waals surface area contributed by atoms with Gasteiger partial charge in [-0.15, -0.1) is 0 Å². The van der Waals surface area contributed by atoms with Gasteiger partial charge in [0, 0.05) is 12.1 Å². The highest BCUT2D eigenvalue weighted by molar-refractivity contribution is 4.86. The van der Waals surface area contributed by atoms with Crippen LogP contribution in [0.1, 0.15) is 88.5 Å². The number of likely N-dealkylation sites (N-methyl/N-ethyl adjacent to an activating group) is 2. The zero-order valence-corrected chi connectivity index (χ0v) is 28.5. The minimum Gasteiger partial charge on any atom is -0.388 e. The van der Waals surface area contributed by atoms with E-state index >= 15 is 0 Å². The summed E-state index contributed by atoms with van der Waals surface area (Å²) in [5, 5.41) is 32.8. The van der Waals surface area contributed by atoms with Crippen LogP contribution in [0.4, 0.5) is 0 Å². The summed E-state index contributed by atoms with van der Waals surface area (Å²) in [5.41, 5.74) is 0. The highest BCUT2D eigenvalue weighted by Crippen LogP contribution is 2.27. The van der Waals surface area contributed by atoms with Gasteiger partial charge in [-0.1, -0.05) is 6.92 Å². The number of hydrogen-bond donors (Lipinski definition) is 4. The fraction of sp³-hybridized carbons (Fsp3) is 1.00. The molecule has 0 saturated carbocycles. The van der Waals surface area contributed by atoms with Gasteiger partial charge in [0.25, 0.3) is 0 Å². The average Bonchev–Trinajstić information content (AvgIpc) is 2.86. The molecule has 3 rings (SSSR count). The van der Waals surface area contributed by atoms with E-state index in [9.17, 15) is 15.3 Å². The lowest BCUT2D eigenvalue weighted by Gasteiger charge is -2.41. The Bertz CT molecular complexity index is 708. The molecule has 3 aliphatic heterocycles. The Morgan fingerprint density at radius 3 is 1.40 bits per heavy atom. The second-order valence-electron chi connectivity index (χ2n) is 13.1. The van der Waals surface area contributed by atoms with Crippen LogP contribution in [0.15, 0.2) is 0 Å². The van der Waals surface area contributed by atoms with E-state index in [1.165, 1.54) is 0 Å². The Kier molecular flexibility index (Phi) is 18.1. The predicted molar refractivity (Wildman–Crippen MR) is 163 cm³/mol. The molecular weight excluding hydrogens is 544 g/mol. The van der Waals surface area contributed by atoms with E-state index < -0.39 is 37.2 Å². The number of aliphatic hydroxyl groups is 3. The minimum absolute atomic E-state index is 0.0579. The largest absolute Gasteiger partial charge is 0.388 e. The summed E-state index contributed by atoms with van der Waals surface area (Å²) in [4.78, 5) is 2.03. The van der Waals surface area contributed by atoms with E-state index in [2.05, 4.69) is 5.32 Å². The number of rotatable bonds is 8. The molecule has 0 amide bonds. The van der Waals surface area contributed by atoms with E-state index in [1.54, 1.807) is 0 Å². The number of nitrogens with zero attached hydrogens (tertiary/aromatic N) is 1. The molecule has 3 aliphatic rings. The Hall–Kier alpha value is -0.440. The van der Waals surface area contributed by atoms with Gasteiger partial charge in [-0.05, 0) is 109 Å². The summed E-state index contributed by atoms with van der Waals surface area (Å²) in [6.45, 7) is 19.7. The van der Waals surface area contributed by atoms with Crippen LogP contribution in [-0.4, -0.2) is 127 Å². The Morgan fingerprint density at radius 1 is 0.619 bits per heavy atom. The SMILES string of the molecule is CC(C)O[C@@H]1O[C@H](C)C[C@H](C)[C@H]1O.CC(C)O[C@@H]1O[C@H](C)C[C@H](N(C)C)[C@H]1O.CN[C@H]1C[C@@H](C)O[C@@H](OC(C)C)[C@@H]1O. The molecule has 0 spiro atoms. The summed E-state index contributed by atoms with van der Waals surface area (Å²) in [6.07, 6.45) is 0.131. The highest BCUT2D eigenvalue weighted by Gasteiger charge is 2.39. The first-order valence-electron chi connectivity index (χ1n) is 15.8. The molecule has 0 unspecified atom stereocenters. The van der Waals surface area contributed by atoms with Gasteiger partial charge in [-0.3, -0.25) is 0 Å². The molecule has 42 heavy (non-hydrogen) atoms. The molecule has 3 fully saturated rings. The Balaban J connectivity index is 0.000000316. The van der Waals surface area contributed by atoms with Crippen molar-refractivity contribution in [1.82, 2.24) is 10.2 Å². The molecule has 11 heteroatoms. The summed E-state index contributed by atoms with van der Waals surface area (Å²) >= 11 is 0. The predicted octanol–water partition coefficient (Wildman–Crippen LogP) is 2.88. The van der Waals surface area contributed by atoms with Crippen molar-refractivity contribution in [2.75, 3.05) is 21.1 Å². The second-order valence-corrected chi connectivity index (χ2v) is 13.1. The van der Waals surface area contributed by atoms with E-state index in [1.807, 2.05) is 95.3 Å². The van der Waals surface area contributed by atoms with Crippen LogP contribution in [-0.2, 0) is 28.4 Å². The van der Waals surface area contributed by atoms with Crippen molar-refractivity contribution < 1.29 is 43.7 Å². The lowest BCUT2D eigenvalue weighted by Crippen LogP contribution is -2.54. The summed E-state index contributed by atoms with van der Waals surface area (Å²) in [6, 6.07) is 0.167. The molecule has 0 aliphatic carbocycles. The van der Waals surface area contributed by atoms with E-state index in [4.69, 9.17) is 28.4 Å². The Morgan fingerprint density at radius 2 is 1.00 bits per heavy atom. The van der Waals surface area contributed by atoms with Crippen LogP contribution >= 0.6 is 0 Å². The third-order valence-corrected chi connectivity index (χ3v) is 7.44. The zero-order chi connectivity index (χ0) is 32.3. The molecule has 4 N–H and O–H groups in total. The number of hydrogen-bond acceptors (Lipinski definition) is 11. The van der Waals surface area contributed by atoms with Crippen LogP contribution in [0.3, 0.4) is 0 Å². The van der Waals surface area contributed by atoms with Crippen molar-refractivity contribution in [2.45, 2.75) is 174 Å². The number of nitrogens with one attached hydrogen (secondary N) is 1. The highest BCUT2D eigenvalue weighted by atomic mass is 16.7. The molecule has 0 aromatic heterocycles. The maximum absolute atomic E-state index is 10.1. The minimum atomic E-state index is -0.585. The lowest BCUT2D eigenvalue weighted by atomic mass is 9.94.